The summed E-state index contributed by atoms with van der Waals surface area (Å²) in [6.45, 7) is 4.93. The molecule has 0 aromatic heterocycles. The molecule has 0 spiro atoms. The SMILES string of the molecule is CC(C)C(=O)N1C[C@H](C(=O)NCc2ccccc2)[C@H](c2cccc(F)c2)C1. The molecule has 2 aromatic rings. The van der Waals surface area contributed by atoms with Gasteiger partial charge in [0.1, 0.15) is 5.82 Å². The number of nitrogens with one attached hydrogen (secondary N) is 1. The molecule has 2 aromatic carbocycles. The molecule has 5 heteroatoms. The van der Waals surface area contributed by atoms with Gasteiger partial charge in [0.25, 0.3) is 0 Å². The lowest BCUT2D eigenvalue weighted by molar-refractivity contribution is -0.133. The third-order valence-electron chi connectivity index (χ3n) is 5.05. The molecular weight excluding hydrogens is 343 g/mol. The van der Waals surface area contributed by atoms with E-state index < -0.39 is 5.92 Å². The molecule has 1 saturated heterocycles. The third-order valence-corrected chi connectivity index (χ3v) is 5.05. The van der Waals surface area contributed by atoms with Crippen molar-refractivity contribution in [3.63, 3.8) is 0 Å². The van der Waals surface area contributed by atoms with Gasteiger partial charge >= 0.3 is 0 Å². The summed E-state index contributed by atoms with van der Waals surface area (Å²) in [7, 11) is 0. The second kappa shape index (κ2) is 8.33. The molecule has 1 heterocycles. The van der Waals surface area contributed by atoms with E-state index in [0.717, 1.165) is 11.1 Å². The van der Waals surface area contributed by atoms with Crippen molar-refractivity contribution in [2.75, 3.05) is 13.1 Å². The lowest BCUT2D eigenvalue weighted by Gasteiger charge is -2.18. The van der Waals surface area contributed by atoms with E-state index in [2.05, 4.69) is 5.32 Å². The zero-order chi connectivity index (χ0) is 19.4. The summed E-state index contributed by atoms with van der Waals surface area (Å²) in [5.41, 5.74) is 1.77. The van der Waals surface area contributed by atoms with Crippen LogP contribution < -0.4 is 5.32 Å². The van der Waals surface area contributed by atoms with Crippen LogP contribution >= 0.6 is 0 Å². The van der Waals surface area contributed by atoms with E-state index in [4.69, 9.17) is 0 Å². The van der Waals surface area contributed by atoms with Crippen LogP contribution in [0, 0.1) is 17.7 Å². The van der Waals surface area contributed by atoms with Gasteiger partial charge in [-0.25, -0.2) is 4.39 Å². The van der Waals surface area contributed by atoms with E-state index in [0.29, 0.717) is 19.6 Å². The summed E-state index contributed by atoms with van der Waals surface area (Å²) < 4.78 is 13.7. The minimum atomic E-state index is -0.391. The molecule has 0 aliphatic carbocycles. The van der Waals surface area contributed by atoms with Crippen molar-refractivity contribution >= 4 is 11.8 Å². The molecule has 0 radical (unpaired) electrons. The Balaban J connectivity index is 1.78. The van der Waals surface area contributed by atoms with Gasteiger partial charge in [0.05, 0.1) is 5.92 Å². The monoisotopic (exact) mass is 368 g/mol. The fraction of sp³-hybridized carbons (Fsp3) is 0.364. The minimum Gasteiger partial charge on any atom is -0.352 e. The number of halogens is 1. The summed E-state index contributed by atoms with van der Waals surface area (Å²) in [4.78, 5) is 27.1. The Morgan fingerprint density at radius 3 is 2.52 bits per heavy atom. The Kier molecular flexibility index (Phi) is 5.89. The Bertz CT molecular complexity index is 807. The fourth-order valence-corrected chi connectivity index (χ4v) is 3.61. The highest BCUT2D eigenvalue weighted by atomic mass is 19.1. The fourth-order valence-electron chi connectivity index (χ4n) is 3.61. The molecule has 2 amide bonds. The molecular formula is C22H25FN2O2. The van der Waals surface area contributed by atoms with Crippen LogP contribution in [0.2, 0.25) is 0 Å². The van der Waals surface area contributed by atoms with Crippen LogP contribution in [0.4, 0.5) is 4.39 Å². The first-order chi connectivity index (χ1) is 13.0. The van der Waals surface area contributed by atoms with E-state index in [1.54, 1.807) is 11.0 Å². The van der Waals surface area contributed by atoms with Gasteiger partial charge in [0.2, 0.25) is 11.8 Å². The molecule has 3 rings (SSSR count). The lowest BCUT2D eigenvalue weighted by Crippen LogP contribution is -2.36. The summed E-state index contributed by atoms with van der Waals surface area (Å²) >= 11 is 0. The third kappa shape index (κ3) is 4.54. The number of likely N-dealkylation sites (tertiary alicyclic amines) is 1. The number of amides is 2. The number of benzene rings is 2. The van der Waals surface area contributed by atoms with Crippen molar-refractivity contribution in [1.82, 2.24) is 10.2 Å². The van der Waals surface area contributed by atoms with Crippen LogP contribution in [-0.4, -0.2) is 29.8 Å². The summed E-state index contributed by atoms with van der Waals surface area (Å²) in [5.74, 6) is -1.15. The van der Waals surface area contributed by atoms with E-state index in [1.165, 1.54) is 12.1 Å². The average Bonchev–Trinajstić information content (AvgIpc) is 3.11. The molecule has 27 heavy (non-hydrogen) atoms. The second-order valence-corrected chi connectivity index (χ2v) is 7.37. The number of nitrogens with zero attached hydrogens (tertiary/aromatic N) is 1. The standard InChI is InChI=1S/C22H25FN2O2/c1-15(2)22(27)25-13-19(17-9-6-10-18(23)11-17)20(14-25)21(26)24-12-16-7-4-3-5-8-16/h3-11,15,19-20H,12-14H2,1-2H3,(H,24,26)/t19-,20-/m0/s1. The maximum absolute atomic E-state index is 13.7. The number of carbonyl (C=O) groups is 2. The lowest BCUT2D eigenvalue weighted by atomic mass is 9.88. The van der Waals surface area contributed by atoms with Crippen molar-refractivity contribution in [2.45, 2.75) is 26.3 Å². The summed E-state index contributed by atoms with van der Waals surface area (Å²) in [5, 5.41) is 2.97. The van der Waals surface area contributed by atoms with Crippen molar-refractivity contribution < 1.29 is 14.0 Å². The number of hydrogen-bond acceptors (Lipinski definition) is 2. The molecule has 0 unspecified atom stereocenters. The van der Waals surface area contributed by atoms with Crippen molar-refractivity contribution in [3.05, 3.63) is 71.5 Å². The van der Waals surface area contributed by atoms with E-state index >= 15 is 0 Å². The average molecular weight is 368 g/mol. The van der Waals surface area contributed by atoms with Gasteiger partial charge < -0.3 is 10.2 Å². The van der Waals surface area contributed by atoms with E-state index in [1.807, 2.05) is 50.2 Å². The molecule has 142 valence electrons. The first-order valence-corrected chi connectivity index (χ1v) is 9.31. The number of rotatable bonds is 5. The smallest absolute Gasteiger partial charge is 0.225 e. The molecule has 0 saturated carbocycles. The number of hydrogen-bond donors (Lipinski definition) is 1. The molecule has 1 aliphatic rings. The second-order valence-electron chi connectivity index (χ2n) is 7.37. The van der Waals surface area contributed by atoms with Crippen LogP contribution in [0.15, 0.2) is 54.6 Å². The van der Waals surface area contributed by atoms with Gasteiger partial charge in [0, 0.05) is 31.5 Å². The first kappa shape index (κ1) is 19.1. The normalized spacial score (nSPS) is 19.3. The van der Waals surface area contributed by atoms with Crippen molar-refractivity contribution in [2.24, 2.45) is 11.8 Å². The largest absolute Gasteiger partial charge is 0.352 e. The highest BCUT2D eigenvalue weighted by Crippen LogP contribution is 2.34. The highest BCUT2D eigenvalue weighted by Gasteiger charge is 2.40. The molecule has 4 nitrogen and oxygen atoms in total. The zero-order valence-corrected chi connectivity index (χ0v) is 15.7. The summed E-state index contributed by atoms with van der Waals surface area (Å²) in [6, 6.07) is 16.0. The Morgan fingerprint density at radius 1 is 1.11 bits per heavy atom. The minimum absolute atomic E-state index is 0.0229. The van der Waals surface area contributed by atoms with Crippen LogP contribution in [0.5, 0.6) is 0 Å². The van der Waals surface area contributed by atoms with Crippen LogP contribution in [0.1, 0.15) is 30.9 Å². The summed E-state index contributed by atoms with van der Waals surface area (Å²) in [6.07, 6.45) is 0. The van der Waals surface area contributed by atoms with Gasteiger partial charge in [-0.05, 0) is 23.3 Å². The van der Waals surface area contributed by atoms with Crippen LogP contribution in [0.3, 0.4) is 0 Å². The van der Waals surface area contributed by atoms with Crippen LogP contribution in [-0.2, 0) is 16.1 Å². The van der Waals surface area contributed by atoms with Gasteiger partial charge in [0.15, 0.2) is 0 Å². The number of carbonyl (C=O) groups excluding carboxylic acids is 2. The van der Waals surface area contributed by atoms with Crippen molar-refractivity contribution in [3.8, 4) is 0 Å². The maximum atomic E-state index is 13.7. The van der Waals surface area contributed by atoms with Gasteiger partial charge in [-0.2, -0.15) is 0 Å². The van der Waals surface area contributed by atoms with Gasteiger partial charge in [-0.15, -0.1) is 0 Å². The molecule has 2 atom stereocenters. The van der Waals surface area contributed by atoms with Gasteiger partial charge in [-0.3, -0.25) is 9.59 Å². The van der Waals surface area contributed by atoms with Crippen LogP contribution in [0.25, 0.3) is 0 Å². The first-order valence-electron chi connectivity index (χ1n) is 9.31. The quantitative estimate of drug-likeness (QED) is 0.880. The Morgan fingerprint density at radius 2 is 1.85 bits per heavy atom. The zero-order valence-electron chi connectivity index (χ0n) is 15.7. The van der Waals surface area contributed by atoms with E-state index in [-0.39, 0.29) is 29.5 Å². The highest BCUT2D eigenvalue weighted by molar-refractivity contribution is 5.84. The molecule has 1 aliphatic heterocycles. The van der Waals surface area contributed by atoms with Crippen molar-refractivity contribution in [1.29, 1.82) is 0 Å². The molecule has 1 fully saturated rings. The Labute approximate surface area is 159 Å². The molecule has 1 N–H and O–H groups in total. The molecule has 0 bridgehead atoms. The van der Waals surface area contributed by atoms with E-state index in [9.17, 15) is 14.0 Å². The maximum Gasteiger partial charge on any atom is 0.225 e. The van der Waals surface area contributed by atoms with Gasteiger partial charge in [-0.1, -0.05) is 56.3 Å². The predicted octanol–water partition coefficient (Wildman–Crippen LogP) is 3.34. The topological polar surface area (TPSA) is 49.4 Å². The Hall–Kier alpha value is -2.69. The predicted molar refractivity (Wildman–Crippen MR) is 102 cm³/mol.